The number of halogens is 1. The summed E-state index contributed by atoms with van der Waals surface area (Å²) in [4.78, 5) is 0. The lowest BCUT2D eigenvalue weighted by molar-refractivity contribution is 0.240. The Morgan fingerprint density at radius 3 is 2.60 bits per heavy atom. The molecule has 1 rings (SSSR count). The van der Waals surface area contributed by atoms with Crippen LogP contribution in [-0.2, 0) is 6.42 Å². The van der Waals surface area contributed by atoms with Crippen LogP contribution in [0.4, 0.5) is 0 Å². The zero-order chi connectivity index (χ0) is 11.4. The van der Waals surface area contributed by atoms with Crippen LogP contribution in [0.5, 0.6) is 5.75 Å². The van der Waals surface area contributed by atoms with Crippen LogP contribution in [0.15, 0.2) is 12.1 Å². The Kier molecular flexibility index (Phi) is 4.43. The highest BCUT2D eigenvalue weighted by molar-refractivity contribution is 6.31. The van der Waals surface area contributed by atoms with Gasteiger partial charge >= 0.3 is 0 Å². The summed E-state index contributed by atoms with van der Waals surface area (Å²) in [6.45, 7) is 6.60. The molecule has 0 atom stereocenters. The Balaban J connectivity index is 3.04. The largest absolute Gasteiger partial charge is 0.491 e. The van der Waals surface area contributed by atoms with Crippen molar-refractivity contribution in [3.63, 3.8) is 0 Å². The number of benzene rings is 1. The summed E-state index contributed by atoms with van der Waals surface area (Å²) in [6, 6.07) is 3.93. The van der Waals surface area contributed by atoms with Gasteiger partial charge in [0, 0.05) is 5.02 Å². The third kappa shape index (κ3) is 3.40. The number of hydrogen-bond acceptors (Lipinski definition) is 2. The maximum absolute atomic E-state index is 6.06. The first-order valence-corrected chi connectivity index (χ1v) is 5.58. The highest BCUT2D eigenvalue weighted by Gasteiger charge is 2.08. The van der Waals surface area contributed by atoms with Gasteiger partial charge in [-0.25, -0.2) is 0 Å². The summed E-state index contributed by atoms with van der Waals surface area (Å²) >= 11 is 6.06. The molecule has 0 saturated heterocycles. The molecule has 0 heterocycles. The molecule has 0 spiro atoms. The van der Waals surface area contributed by atoms with Gasteiger partial charge in [-0.1, -0.05) is 11.6 Å². The van der Waals surface area contributed by atoms with E-state index in [0.717, 1.165) is 28.3 Å². The predicted octanol–water partition coefficient (Wildman–Crippen LogP) is 2.94. The molecule has 0 bridgehead atoms. The van der Waals surface area contributed by atoms with Crippen LogP contribution in [0.3, 0.4) is 0 Å². The zero-order valence-electron chi connectivity index (χ0n) is 9.51. The molecule has 1 aromatic carbocycles. The highest BCUT2D eigenvalue weighted by Crippen LogP contribution is 2.27. The lowest BCUT2D eigenvalue weighted by atomic mass is 10.1. The maximum Gasteiger partial charge on any atom is 0.123 e. The van der Waals surface area contributed by atoms with E-state index in [1.165, 1.54) is 0 Å². The average Bonchev–Trinajstić information content (AvgIpc) is 2.13. The topological polar surface area (TPSA) is 35.2 Å². The van der Waals surface area contributed by atoms with Crippen LogP contribution >= 0.6 is 11.6 Å². The summed E-state index contributed by atoms with van der Waals surface area (Å²) in [5.41, 5.74) is 7.67. The molecule has 0 fully saturated rings. The Morgan fingerprint density at radius 2 is 2.07 bits per heavy atom. The minimum atomic E-state index is 0.169. The Labute approximate surface area is 96.4 Å². The molecule has 1 aromatic rings. The van der Waals surface area contributed by atoms with Gasteiger partial charge in [0.05, 0.1) is 6.10 Å². The van der Waals surface area contributed by atoms with Crippen molar-refractivity contribution in [1.82, 2.24) is 0 Å². The molecule has 0 aromatic heterocycles. The molecule has 15 heavy (non-hydrogen) atoms. The molecule has 2 nitrogen and oxygen atoms in total. The minimum absolute atomic E-state index is 0.169. The van der Waals surface area contributed by atoms with Gasteiger partial charge in [0.15, 0.2) is 0 Å². The number of hydrogen-bond donors (Lipinski definition) is 1. The molecule has 0 radical (unpaired) electrons. The smallest absolute Gasteiger partial charge is 0.123 e. The monoisotopic (exact) mass is 227 g/mol. The van der Waals surface area contributed by atoms with E-state index in [0.29, 0.717) is 6.54 Å². The van der Waals surface area contributed by atoms with E-state index in [1.54, 1.807) is 0 Å². The van der Waals surface area contributed by atoms with E-state index in [-0.39, 0.29) is 6.10 Å². The van der Waals surface area contributed by atoms with E-state index in [9.17, 15) is 0 Å². The van der Waals surface area contributed by atoms with Gasteiger partial charge in [0.25, 0.3) is 0 Å². The van der Waals surface area contributed by atoms with Gasteiger partial charge in [0.1, 0.15) is 5.75 Å². The molecule has 0 aliphatic carbocycles. The fourth-order valence-corrected chi connectivity index (χ4v) is 1.60. The zero-order valence-corrected chi connectivity index (χ0v) is 10.3. The van der Waals surface area contributed by atoms with Crippen molar-refractivity contribution in [3.05, 3.63) is 28.3 Å². The van der Waals surface area contributed by atoms with Gasteiger partial charge in [-0.3, -0.25) is 0 Å². The second kappa shape index (κ2) is 5.38. The average molecular weight is 228 g/mol. The van der Waals surface area contributed by atoms with E-state index < -0.39 is 0 Å². The third-order valence-corrected chi connectivity index (χ3v) is 2.53. The molecule has 0 aliphatic rings. The molecular weight excluding hydrogens is 210 g/mol. The lowest BCUT2D eigenvalue weighted by Gasteiger charge is -2.15. The molecule has 0 unspecified atom stereocenters. The summed E-state index contributed by atoms with van der Waals surface area (Å²) in [5.74, 6) is 0.900. The molecular formula is C12H18ClNO. The second-order valence-corrected chi connectivity index (χ2v) is 4.32. The van der Waals surface area contributed by atoms with Crippen LogP contribution in [-0.4, -0.2) is 12.6 Å². The maximum atomic E-state index is 6.06. The van der Waals surface area contributed by atoms with Crippen molar-refractivity contribution in [2.75, 3.05) is 6.54 Å². The standard InChI is InChI=1S/C12H18ClNO/c1-8(2)15-12-6-9(3)11(13)7-10(12)4-5-14/h6-8H,4-5,14H2,1-3H3. The van der Waals surface area contributed by atoms with Crippen molar-refractivity contribution in [3.8, 4) is 5.75 Å². The van der Waals surface area contributed by atoms with Gasteiger partial charge in [0.2, 0.25) is 0 Å². The van der Waals surface area contributed by atoms with Crippen LogP contribution < -0.4 is 10.5 Å². The Bertz CT molecular complexity index is 337. The first-order valence-electron chi connectivity index (χ1n) is 5.20. The van der Waals surface area contributed by atoms with Gasteiger partial charge < -0.3 is 10.5 Å². The SMILES string of the molecule is Cc1cc(OC(C)C)c(CCN)cc1Cl. The van der Waals surface area contributed by atoms with E-state index in [1.807, 2.05) is 32.9 Å². The quantitative estimate of drug-likeness (QED) is 0.859. The highest BCUT2D eigenvalue weighted by atomic mass is 35.5. The Hall–Kier alpha value is -0.730. The molecule has 3 heteroatoms. The Morgan fingerprint density at radius 1 is 1.40 bits per heavy atom. The minimum Gasteiger partial charge on any atom is -0.491 e. The summed E-state index contributed by atoms with van der Waals surface area (Å²) in [5, 5.41) is 0.773. The summed E-state index contributed by atoms with van der Waals surface area (Å²) in [7, 11) is 0. The third-order valence-electron chi connectivity index (χ3n) is 2.12. The molecule has 84 valence electrons. The van der Waals surface area contributed by atoms with E-state index in [2.05, 4.69) is 0 Å². The van der Waals surface area contributed by atoms with Crippen LogP contribution in [0.25, 0.3) is 0 Å². The van der Waals surface area contributed by atoms with E-state index in [4.69, 9.17) is 22.1 Å². The molecule has 0 amide bonds. The van der Waals surface area contributed by atoms with Gasteiger partial charge in [-0.15, -0.1) is 0 Å². The fourth-order valence-electron chi connectivity index (χ4n) is 1.41. The molecule has 0 aliphatic heterocycles. The summed E-state index contributed by atoms with van der Waals surface area (Å²) < 4.78 is 5.72. The van der Waals surface area contributed by atoms with Crippen molar-refractivity contribution in [2.45, 2.75) is 33.3 Å². The van der Waals surface area contributed by atoms with Crippen molar-refractivity contribution in [1.29, 1.82) is 0 Å². The van der Waals surface area contributed by atoms with Crippen LogP contribution in [0.2, 0.25) is 5.02 Å². The normalized spacial score (nSPS) is 10.8. The van der Waals surface area contributed by atoms with Gasteiger partial charge in [-0.05, 0) is 57.0 Å². The number of rotatable bonds is 4. The molecule has 0 saturated carbocycles. The van der Waals surface area contributed by atoms with E-state index >= 15 is 0 Å². The number of aryl methyl sites for hydroxylation is 1. The van der Waals surface area contributed by atoms with Gasteiger partial charge in [-0.2, -0.15) is 0 Å². The predicted molar refractivity (Wildman–Crippen MR) is 64.7 cm³/mol. The number of ether oxygens (including phenoxy) is 1. The van der Waals surface area contributed by atoms with Crippen molar-refractivity contribution in [2.24, 2.45) is 5.73 Å². The first kappa shape index (κ1) is 12.3. The summed E-state index contributed by atoms with van der Waals surface area (Å²) in [6.07, 6.45) is 0.962. The number of nitrogens with two attached hydrogens (primary N) is 1. The fraction of sp³-hybridized carbons (Fsp3) is 0.500. The second-order valence-electron chi connectivity index (χ2n) is 3.91. The first-order chi connectivity index (χ1) is 7.04. The van der Waals surface area contributed by atoms with Crippen molar-refractivity contribution >= 4 is 11.6 Å². The molecule has 2 N–H and O–H groups in total. The van der Waals surface area contributed by atoms with Crippen molar-refractivity contribution < 1.29 is 4.74 Å². The van der Waals surface area contributed by atoms with Crippen LogP contribution in [0.1, 0.15) is 25.0 Å². The lowest BCUT2D eigenvalue weighted by Crippen LogP contribution is -2.10. The van der Waals surface area contributed by atoms with Crippen LogP contribution in [0, 0.1) is 6.92 Å².